The van der Waals surface area contributed by atoms with Gasteiger partial charge in [0.1, 0.15) is 0 Å². The molecule has 0 unspecified atom stereocenters. The first kappa shape index (κ1) is 12.3. The van der Waals surface area contributed by atoms with E-state index in [1.54, 1.807) is 4.68 Å². The quantitative estimate of drug-likeness (QED) is 0.943. The fraction of sp³-hybridized carbons (Fsp3) is 0.308. The van der Waals surface area contributed by atoms with Crippen molar-refractivity contribution in [2.24, 2.45) is 0 Å². The molecular weight excluding hydrogens is 310 g/mol. The van der Waals surface area contributed by atoms with E-state index in [0.29, 0.717) is 5.69 Å². The van der Waals surface area contributed by atoms with Crippen LogP contribution in [0.5, 0.6) is 0 Å². The zero-order chi connectivity index (χ0) is 13.6. The van der Waals surface area contributed by atoms with E-state index in [1.807, 2.05) is 25.1 Å². The molecule has 1 aromatic carbocycles. The summed E-state index contributed by atoms with van der Waals surface area (Å²) in [6, 6.07) is 5.88. The lowest BCUT2D eigenvalue weighted by Gasteiger charge is -2.07. The Morgan fingerprint density at radius 3 is 2.74 bits per heavy atom. The highest BCUT2D eigenvalue weighted by Crippen LogP contribution is 2.42. The Labute approximate surface area is 118 Å². The zero-order valence-corrected chi connectivity index (χ0v) is 11.9. The number of carbonyl (C=O) groups is 1. The molecule has 1 aliphatic carbocycles. The molecule has 1 saturated carbocycles. The van der Waals surface area contributed by atoms with Crippen LogP contribution in [0.2, 0.25) is 0 Å². The van der Waals surface area contributed by atoms with E-state index in [4.69, 9.17) is 0 Å². The Hall–Kier alpha value is -1.69. The van der Waals surface area contributed by atoms with E-state index in [2.05, 4.69) is 26.2 Å². The van der Waals surface area contributed by atoms with Crippen LogP contribution < -0.4 is 0 Å². The topological polar surface area (TPSA) is 68.0 Å². The van der Waals surface area contributed by atoms with Gasteiger partial charge in [0, 0.05) is 10.4 Å². The van der Waals surface area contributed by atoms with Crippen LogP contribution in [0.1, 0.15) is 40.5 Å². The molecule has 3 rings (SSSR count). The monoisotopic (exact) mass is 321 g/mol. The van der Waals surface area contributed by atoms with Crippen molar-refractivity contribution < 1.29 is 9.90 Å². The number of aryl methyl sites for hydroxylation is 1. The molecule has 2 aromatic rings. The van der Waals surface area contributed by atoms with Crippen LogP contribution >= 0.6 is 15.9 Å². The van der Waals surface area contributed by atoms with Gasteiger partial charge in [0.15, 0.2) is 5.69 Å². The summed E-state index contributed by atoms with van der Waals surface area (Å²) in [5, 5.41) is 17.0. The predicted octanol–water partition coefficient (Wildman–Crippen LogP) is 2.91. The number of benzene rings is 1. The van der Waals surface area contributed by atoms with Gasteiger partial charge < -0.3 is 5.11 Å². The van der Waals surface area contributed by atoms with Crippen molar-refractivity contribution in [2.45, 2.75) is 25.7 Å². The third-order valence-corrected chi connectivity index (χ3v) is 3.60. The number of aromatic nitrogens is 3. The van der Waals surface area contributed by atoms with Gasteiger partial charge in [0.2, 0.25) is 0 Å². The molecular formula is C13H12BrN3O2. The van der Waals surface area contributed by atoms with Gasteiger partial charge in [-0.3, -0.25) is 0 Å². The van der Waals surface area contributed by atoms with Crippen molar-refractivity contribution in [3.05, 3.63) is 39.6 Å². The molecule has 0 spiro atoms. The molecule has 0 aliphatic heterocycles. The van der Waals surface area contributed by atoms with Crippen molar-refractivity contribution in [1.82, 2.24) is 15.0 Å². The minimum Gasteiger partial charge on any atom is -0.476 e. The SMILES string of the molecule is Cc1cc(Br)cc(-n2nnc(C(=O)O)c2C2CC2)c1. The third kappa shape index (κ3) is 2.28. The number of nitrogens with zero attached hydrogens (tertiary/aromatic N) is 3. The predicted molar refractivity (Wildman–Crippen MR) is 72.7 cm³/mol. The number of halogens is 1. The first-order valence-corrected chi connectivity index (χ1v) is 6.82. The third-order valence-electron chi connectivity index (χ3n) is 3.14. The van der Waals surface area contributed by atoms with Crippen molar-refractivity contribution in [3.8, 4) is 5.69 Å². The summed E-state index contributed by atoms with van der Waals surface area (Å²) < 4.78 is 2.59. The van der Waals surface area contributed by atoms with Crippen LogP contribution in [0.4, 0.5) is 0 Å². The summed E-state index contributed by atoms with van der Waals surface area (Å²) >= 11 is 3.45. The molecule has 98 valence electrons. The van der Waals surface area contributed by atoms with Gasteiger partial charge >= 0.3 is 5.97 Å². The lowest BCUT2D eigenvalue weighted by Crippen LogP contribution is -2.06. The van der Waals surface area contributed by atoms with Gasteiger partial charge in [-0.05, 0) is 43.5 Å². The number of aromatic carboxylic acids is 1. The molecule has 0 atom stereocenters. The van der Waals surface area contributed by atoms with Crippen LogP contribution in [-0.4, -0.2) is 26.1 Å². The normalized spacial score (nSPS) is 14.6. The average molecular weight is 322 g/mol. The first-order chi connectivity index (χ1) is 9.06. The van der Waals surface area contributed by atoms with Crippen LogP contribution in [-0.2, 0) is 0 Å². The Balaban J connectivity index is 2.16. The average Bonchev–Trinajstić information content (AvgIpc) is 3.06. The van der Waals surface area contributed by atoms with Crippen LogP contribution in [0.3, 0.4) is 0 Å². The molecule has 5 nitrogen and oxygen atoms in total. The first-order valence-electron chi connectivity index (χ1n) is 6.02. The fourth-order valence-corrected chi connectivity index (χ4v) is 2.79. The summed E-state index contributed by atoms with van der Waals surface area (Å²) in [4.78, 5) is 11.2. The molecule has 19 heavy (non-hydrogen) atoms. The number of hydrogen-bond acceptors (Lipinski definition) is 3. The molecule has 6 heteroatoms. The molecule has 0 amide bonds. The lowest BCUT2D eigenvalue weighted by molar-refractivity contribution is 0.0689. The van der Waals surface area contributed by atoms with E-state index in [0.717, 1.165) is 28.6 Å². The number of carboxylic acids is 1. The smallest absolute Gasteiger partial charge is 0.358 e. The zero-order valence-electron chi connectivity index (χ0n) is 10.3. The molecule has 0 radical (unpaired) electrons. The minimum atomic E-state index is -1.01. The molecule has 1 aromatic heterocycles. The van der Waals surface area contributed by atoms with Gasteiger partial charge in [-0.15, -0.1) is 5.10 Å². The summed E-state index contributed by atoms with van der Waals surface area (Å²) in [6.45, 7) is 1.99. The molecule has 0 saturated heterocycles. The van der Waals surface area contributed by atoms with Gasteiger partial charge in [-0.2, -0.15) is 0 Å². The van der Waals surface area contributed by atoms with E-state index in [9.17, 15) is 9.90 Å². The molecule has 1 fully saturated rings. The molecule has 1 heterocycles. The van der Waals surface area contributed by atoms with Crippen molar-refractivity contribution in [1.29, 1.82) is 0 Å². The van der Waals surface area contributed by atoms with Gasteiger partial charge in [-0.1, -0.05) is 21.1 Å². The van der Waals surface area contributed by atoms with Crippen molar-refractivity contribution in [3.63, 3.8) is 0 Å². The summed E-state index contributed by atoms with van der Waals surface area (Å²) in [5.74, 6) is -0.750. The highest BCUT2D eigenvalue weighted by molar-refractivity contribution is 9.10. The van der Waals surface area contributed by atoms with Gasteiger partial charge in [0.05, 0.1) is 11.4 Å². The fourth-order valence-electron chi connectivity index (χ4n) is 2.19. The highest BCUT2D eigenvalue weighted by Gasteiger charge is 2.34. The summed E-state index contributed by atoms with van der Waals surface area (Å²) in [7, 11) is 0. The Kier molecular flexibility index (Phi) is 2.89. The number of hydrogen-bond donors (Lipinski definition) is 1. The van der Waals surface area contributed by atoms with Crippen molar-refractivity contribution in [2.75, 3.05) is 0 Å². The van der Waals surface area contributed by atoms with E-state index < -0.39 is 5.97 Å². The highest BCUT2D eigenvalue weighted by atomic mass is 79.9. The summed E-state index contributed by atoms with van der Waals surface area (Å²) in [6.07, 6.45) is 2.00. The van der Waals surface area contributed by atoms with E-state index in [1.165, 1.54) is 0 Å². The Bertz CT molecular complexity index is 642. The van der Waals surface area contributed by atoms with Gasteiger partial charge in [-0.25, -0.2) is 9.48 Å². The van der Waals surface area contributed by atoms with Crippen LogP contribution in [0.25, 0.3) is 5.69 Å². The lowest BCUT2D eigenvalue weighted by atomic mass is 10.2. The maximum absolute atomic E-state index is 11.2. The maximum Gasteiger partial charge on any atom is 0.358 e. The number of rotatable bonds is 3. The molecule has 1 aliphatic rings. The Morgan fingerprint density at radius 1 is 1.42 bits per heavy atom. The largest absolute Gasteiger partial charge is 0.476 e. The standard InChI is InChI=1S/C13H12BrN3O2/c1-7-4-9(14)6-10(5-7)17-12(8-2-3-8)11(13(18)19)15-16-17/h4-6,8H,2-3H2,1H3,(H,18,19). The van der Waals surface area contributed by atoms with E-state index >= 15 is 0 Å². The van der Waals surface area contributed by atoms with Crippen LogP contribution in [0.15, 0.2) is 22.7 Å². The molecule has 0 bridgehead atoms. The second kappa shape index (κ2) is 4.45. The second-order valence-electron chi connectivity index (χ2n) is 4.80. The minimum absolute atomic E-state index is 0.0696. The molecule has 1 N–H and O–H groups in total. The van der Waals surface area contributed by atoms with Crippen LogP contribution in [0, 0.1) is 6.92 Å². The maximum atomic E-state index is 11.2. The second-order valence-corrected chi connectivity index (χ2v) is 5.72. The Morgan fingerprint density at radius 2 is 2.16 bits per heavy atom. The van der Waals surface area contributed by atoms with E-state index in [-0.39, 0.29) is 11.6 Å². The van der Waals surface area contributed by atoms with Gasteiger partial charge in [0.25, 0.3) is 0 Å². The summed E-state index contributed by atoms with van der Waals surface area (Å²) in [5.41, 5.74) is 2.71. The number of carboxylic acid groups (broad SMARTS) is 1. The van der Waals surface area contributed by atoms with Crippen molar-refractivity contribution >= 4 is 21.9 Å².